The topological polar surface area (TPSA) is 105 Å². The van der Waals surface area contributed by atoms with E-state index >= 15 is 0 Å². The molecule has 0 unspecified atom stereocenters. The van der Waals surface area contributed by atoms with Crippen LogP contribution in [0.1, 0.15) is 54.4 Å². The second-order valence-corrected chi connectivity index (χ2v) is 8.62. The smallest absolute Gasteiger partial charge is 0.251 e. The van der Waals surface area contributed by atoms with E-state index < -0.39 is 6.04 Å². The van der Waals surface area contributed by atoms with Crippen molar-refractivity contribution in [1.82, 2.24) is 10.6 Å². The largest absolute Gasteiger partial charge is 0.497 e. The summed E-state index contributed by atoms with van der Waals surface area (Å²) in [6, 6.07) is 14.3. The SMILES string of the molecule is COc1ccc(NCCNC(=O)[C@H](CC2CCCCC2)NC(=O)c2cccc(CN)c2)cc1. The van der Waals surface area contributed by atoms with Gasteiger partial charge >= 0.3 is 0 Å². The second kappa shape index (κ2) is 12.8. The van der Waals surface area contributed by atoms with Gasteiger partial charge in [-0.1, -0.05) is 44.2 Å². The maximum absolute atomic E-state index is 13.0. The Morgan fingerprint density at radius 1 is 1.06 bits per heavy atom. The summed E-state index contributed by atoms with van der Waals surface area (Å²) in [5.74, 6) is 0.882. The Labute approximate surface area is 196 Å². The normalized spacial score (nSPS) is 14.8. The zero-order chi connectivity index (χ0) is 23.5. The van der Waals surface area contributed by atoms with Gasteiger partial charge in [-0.2, -0.15) is 0 Å². The lowest BCUT2D eigenvalue weighted by Gasteiger charge is -2.26. The van der Waals surface area contributed by atoms with E-state index in [1.807, 2.05) is 36.4 Å². The van der Waals surface area contributed by atoms with Gasteiger partial charge in [0.05, 0.1) is 7.11 Å². The van der Waals surface area contributed by atoms with E-state index in [0.717, 1.165) is 29.8 Å². The van der Waals surface area contributed by atoms with Crippen LogP contribution >= 0.6 is 0 Å². The second-order valence-electron chi connectivity index (χ2n) is 8.62. The van der Waals surface area contributed by atoms with Gasteiger partial charge in [0, 0.05) is 30.9 Å². The Kier molecular flexibility index (Phi) is 9.57. The molecule has 1 saturated carbocycles. The Bertz CT molecular complexity index is 895. The molecule has 178 valence electrons. The highest BCUT2D eigenvalue weighted by Crippen LogP contribution is 2.27. The molecule has 0 bridgehead atoms. The molecular formula is C26H36N4O3. The molecule has 0 spiro atoms. The van der Waals surface area contributed by atoms with Crippen LogP contribution in [0, 0.1) is 5.92 Å². The van der Waals surface area contributed by atoms with Crippen LogP contribution in [0.15, 0.2) is 48.5 Å². The third kappa shape index (κ3) is 7.79. The predicted octanol–water partition coefficient (Wildman–Crippen LogP) is 3.45. The Hall–Kier alpha value is -3.06. The van der Waals surface area contributed by atoms with E-state index in [2.05, 4.69) is 16.0 Å². The number of anilines is 1. The number of carbonyl (C=O) groups is 2. The number of methoxy groups -OCH3 is 1. The van der Waals surface area contributed by atoms with E-state index in [-0.39, 0.29) is 11.8 Å². The first-order valence-corrected chi connectivity index (χ1v) is 11.8. The third-order valence-corrected chi connectivity index (χ3v) is 6.18. The molecule has 2 aromatic rings. The molecule has 1 fully saturated rings. The number of benzene rings is 2. The first kappa shape index (κ1) is 24.6. The minimum atomic E-state index is -0.553. The van der Waals surface area contributed by atoms with Crippen molar-refractivity contribution >= 4 is 17.5 Å². The molecule has 7 heteroatoms. The summed E-state index contributed by atoms with van der Waals surface area (Å²) in [4.78, 5) is 25.9. The van der Waals surface area contributed by atoms with Crippen molar-refractivity contribution in [1.29, 1.82) is 0 Å². The molecule has 0 radical (unpaired) electrons. The predicted molar refractivity (Wildman–Crippen MR) is 131 cm³/mol. The van der Waals surface area contributed by atoms with Crippen molar-refractivity contribution in [3.05, 3.63) is 59.7 Å². The number of nitrogens with two attached hydrogens (primary N) is 1. The molecule has 33 heavy (non-hydrogen) atoms. The highest BCUT2D eigenvalue weighted by molar-refractivity contribution is 5.97. The molecule has 0 aromatic heterocycles. The molecule has 1 aliphatic carbocycles. The molecule has 1 atom stereocenters. The van der Waals surface area contributed by atoms with Gasteiger partial charge in [0.25, 0.3) is 5.91 Å². The van der Waals surface area contributed by atoms with E-state index in [1.54, 1.807) is 19.2 Å². The summed E-state index contributed by atoms with van der Waals surface area (Å²) in [6.45, 7) is 1.42. The highest BCUT2D eigenvalue weighted by Gasteiger charge is 2.26. The summed E-state index contributed by atoms with van der Waals surface area (Å²) in [6.07, 6.45) is 6.53. The van der Waals surface area contributed by atoms with Crippen LogP contribution in [-0.4, -0.2) is 38.1 Å². The first-order valence-electron chi connectivity index (χ1n) is 11.8. The quantitative estimate of drug-likeness (QED) is 0.391. The molecule has 5 N–H and O–H groups in total. The van der Waals surface area contributed by atoms with Gasteiger partial charge in [0.15, 0.2) is 0 Å². The Morgan fingerprint density at radius 2 is 1.82 bits per heavy atom. The van der Waals surface area contributed by atoms with Crippen molar-refractivity contribution in [2.24, 2.45) is 11.7 Å². The van der Waals surface area contributed by atoms with Crippen LogP contribution < -0.4 is 26.4 Å². The molecule has 2 aromatic carbocycles. The molecule has 1 aliphatic rings. The lowest BCUT2D eigenvalue weighted by Crippen LogP contribution is -2.48. The maximum atomic E-state index is 13.0. The Balaban J connectivity index is 1.55. The maximum Gasteiger partial charge on any atom is 0.251 e. The van der Waals surface area contributed by atoms with Crippen LogP contribution in [0.25, 0.3) is 0 Å². The number of amides is 2. The summed E-state index contributed by atoms with van der Waals surface area (Å²) < 4.78 is 5.17. The molecular weight excluding hydrogens is 416 g/mol. The number of rotatable bonds is 11. The summed E-state index contributed by atoms with van der Waals surface area (Å²) >= 11 is 0. The number of hydrogen-bond donors (Lipinski definition) is 4. The average Bonchev–Trinajstić information content (AvgIpc) is 2.87. The van der Waals surface area contributed by atoms with Gasteiger partial charge in [-0.3, -0.25) is 9.59 Å². The summed E-state index contributed by atoms with van der Waals surface area (Å²) in [5, 5.41) is 9.24. The third-order valence-electron chi connectivity index (χ3n) is 6.18. The highest BCUT2D eigenvalue weighted by atomic mass is 16.5. The van der Waals surface area contributed by atoms with Gasteiger partial charge < -0.3 is 26.4 Å². The Morgan fingerprint density at radius 3 is 2.52 bits per heavy atom. The van der Waals surface area contributed by atoms with Crippen LogP contribution in [0.4, 0.5) is 5.69 Å². The van der Waals surface area contributed by atoms with E-state index in [1.165, 1.54) is 19.3 Å². The van der Waals surface area contributed by atoms with Crippen molar-refractivity contribution in [2.75, 3.05) is 25.5 Å². The first-order chi connectivity index (χ1) is 16.1. The fourth-order valence-corrected chi connectivity index (χ4v) is 4.29. The standard InChI is InChI=1S/C26H36N4O3/c1-33-23-12-10-22(11-13-23)28-14-15-29-26(32)24(17-19-6-3-2-4-7-19)30-25(31)21-9-5-8-20(16-21)18-27/h5,8-13,16,19,24,28H,2-4,6-7,14-15,17-18,27H2,1H3,(H,29,32)(H,30,31)/t24-/m0/s1. The van der Waals surface area contributed by atoms with Gasteiger partial charge in [-0.05, 0) is 54.3 Å². The minimum Gasteiger partial charge on any atom is -0.497 e. The molecule has 0 heterocycles. The number of nitrogens with one attached hydrogen (secondary N) is 3. The van der Waals surface area contributed by atoms with Gasteiger partial charge in [0.2, 0.25) is 5.91 Å². The van der Waals surface area contributed by atoms with Gasteiger partial charge in [0.1, 0.15) is 11.8 Å². The van der Waals surface area contributed by atoms with Crippen LogP contribution in [0.2, 0.25) is 0 Å². The van der Waals surface area contributed by atoms with Crippen LogP contribution in [-0.2, 0) is 11.3 Å². The van der Waals surface area contributed by atoms with E-state index in [4.69, 9.17) is 10.5 Å². The fraction of sp³-hybridized carbons (Fsp3) is 0.462. The van der Waals surface area contributed by atoms with Gasteiger partial charge in [-0.15, -0.1) is 0 Å². The van der Waals surface area contributed by atoms with Crippen molar-refractivity contribution < 1.29 is 14.3 Å². The van der Waals surface area contributed by atoms with Crippen molar-refractivity contribution in [2.45, 2.75) is 51.1 Å². The van der Waals surface area contributed by atoms with Crippen molar-refractivity contribution in [3.63, 3.8) is 0 Å². The number of carbonyl (C=O) groups excluding carboxylic acids is 2. The molecule has 2 amide bonds. The summed E-state index contributed by atoms with van der Waals surface area (Å²) in [5.41, 5.74) is 8.08. The van der Waals surface area contributed by atoms with Crippen LogP contribution in [0.5, 0.6) is 5.75 Å². The zero-order valence-electron chi connectivity index (χ0n) is 19.4. The van der Waals surface area contributed by atoms with Gasteiger partial charge in [-0.25, -0.2) is 0 Å². The molecule has 7 nitrogen and oxygen atoms in total. The minimum absolute atomic E-state index is 0.138. The van der Waals surface area contributed by atoms with E-state index in [0.29, 0.717) is 37.5 Å². The molecule has 0 saturated heterocycles. The lowest BCUT2D eigenvalue weighted by atomic mass is 9.84. The van der Waals surface area contributed by atoms with Crippen molar-refractivity contribution in [3.8, 4) is 5.75 Å². The molecule has 0 aliphatic heterocycles. The average molecular weight is 453 g/mol. The van der Waals surface area contributed by atoms with Crippen LogP contribution in [0.3, 0.4) is 0 Å². The fourth-order valence-electron chi connectivity index (χ4n) is 4.29. The number of hydrogen-bond acceptors (Lipinski definition) is 5. The monoisotopic (exact) mass is 452 g/mol. The lowest BCUT2D eigenvalue weighted by molar-refractivity contribution is -0.123. The summed E-state index contributed by atoms with van der Waals surface area (Å²) in [7, 11) is 1.63. The molecule has 3 rings (SSSR count). The zero-order valence-corrected chi connectivity index (χ0v) is 19.4. The number of ether oxygens (including phenoxy) is 1. The van der Waals surface area contributed by atoms with E-state index in [9.17, 15) is 9.59 Å².